The second-order valence-electron chi connectivity index (χ2n) is 18.9. The van der Waals surface area contributed by atoms with Gasteiger partial charge in [0.15, 0.2) is 5.15 Å². The lowest BCUT2D eigenvalue weighted by molar-refractivity contribution is -0.140. The van der Waals surface area contributed by atoms with E-state index < -0.39 is 24.3 Å². The van der Waals surface area contributed by atoms with Crippen LogP contribution in [-0.4, -0.2) is 130 Å². The minimum atomic E-state index is -1.12. The Morgan fingerprint density at radius 3 is 1.96 bits per heavy atom. The Kier molecular flexibility index (Phi) is 13.6. The van der Waals surface area contributed by atoms with Gasteiger partial charge in [-0.05, 0) is 96.2 Å². The van der Waals surface area contributed by atoms with E-state index in [1.165, 1.54) is 19.1 Å². The van der Waals surface area contributed by atoms with Crippen LogP contribution >= 0.6 is 11.6 Å². The number of hydrogen-bond donors (Lipinski definition) is 4. The Morgan fingerprint density at radius 1 is 0.776 bits per heavy atom. The molecule has 354 valence electrons. The number of nitrogens with one attached hydrogen (secondary N) is 3. The van der Waals surface area contributed by atoms with E-state index in [0.717, 1.165) is 45.1 Å². The van der Waals surface area contributed by atoms with Crippen molar-refractivity contribution in [2.45, 2.75) is 76.5 Å². The number of carboxylic acid groups (broad SMARTS) is 1. The van der Waals surface area contributed by atoms with Gasteiger partial charge in [-0.2, -0.15) is 0 Å². The van der Waals surface area contributed by atoms with Crippen molar-refractivity contribution in [2.24, 2.45) is 23.7 Å². The van der Waals surface area contributed by atoms with Crippen molar-refractivity contribution in [1.82, 2.24) is 40.0 Å². The number of alkyl carbamates (subject to hydrolysis) is 1. The number of benzene rings is 3. The first-order valence-corrected chi connectivity index (χ1v) is 23.8. The first kappa shape index (κ1) is 46.2. The van der Waals surface area contributed by atoms with Gasteiger partial charge in [-0.15, -0.1) is 0 Å². The zero-order valence-electron chi connectivity index (χ0n) is 38.4. The average molecular weight is 936 g/mol. The van der Waals surface area contributed by atoms with Gasteiger partial charge < -0.3 is 44.4 Å². The van der Waals surface area contributed by atoms with Gasteiger partial charge in [-0.1, -0.05) is 74.0 Å². The molecule has 4 fully saturated rings. The fraction of sp³-hybridized carbons (Fsp3) is 0.480. The number of methoxy groups -OCH3 is 1. The summed E-state index contributed by atoms with van der Waals surface area (Å²) in [6, 6.07) is 18.6. The number of likely N-dealkylation sites (tertiary alicyclic amines) is 2. The van der Waals surface area contributed by atoms with Crippen molar-refractivity contribution in [3.8, 4) is 33.6 Å². The SMILES string of the molecule is COC(=O)N[C@H](C(=O)N1C[C@@H](C)C[C@H]1c1nc(Cl)c(-c2ccc3cc(-c4ccc(-c5c[nH]c([C@@H]6C[C@H](C)CN6C(=O)[C@H](C6CCOCC6)N(C)C(=O)O)n5)cc4)ccc3c2)[nH]1)C1CCOCC1. The summed E-state index contributed by atoms with van der Waals surface area (Å²) in [6.45, 7) is 7.38. The standard InChI is InChI=1S/C50H59ClN8O8/c1-28-21-39(59(27-28)48(61)43(57(3)50(63)64)33-15-19-67-20-16-33)45-52-25-38(53-45)31-7-5-30(6-8-31)34-9-10-36-24-37(12-11-35(36)23-34)41-44(51)56-46(54-41)40-22-29(2)26-58(40)47(60)42(55-49(62)65-4)32-13-17-66-18-14-32/h5-12,23-25,28-29,32-33,39-40,42-43H,13-22,26-27H2,1-4H3,(H,52,53)(H,54,56)(H,55,62)(H,63,64)/t28-,29-,39-,40-,42-,43-/m0/s1. The fourth-order valence-electron chi connectivity index (χ4n) is 10.7. The summed E-state index contributed by atoms with van der Waals surface area (Å²) in [7, 11) is 2.79. The molecule has 0 radical (unpaired) electrons. The summed E-state index contributed by atoms with van der Waals surface area (Å²) >= 11 is 6.85. The summed E-state index contributed by atoms with van der Waals surface area (Å²) in [6.07, 6.45) is 4.14. The molecule has 4 saturated heterocycles. The number of ether oxygens (including phenoxy) is 3. The quantitative estimate of drug-likeness (QED) is 0.100. The normalized spacial score (nSPS) is 22.5. The maximum atomic E-state index is 14.2. The highest BCUT2D eigenvalue weighted by Crippen LogP contribution is 2.40. The molecule has 0 spiro atoms. The molecule has 2 aromatic heterocycles. The van der Waals surface area contributed by atoms with Crippen LogP contribution in [0.4, 0.5) is 9.59 Å². The van der Waals surface area contributed by atoms with E-state index in [9.17, 15) is 24.3 Å². The van der Waals surface area contributed by atoms with Crippen LogP contribution in [0, 0.1) is 23.7 Å². The Morgan fingerprint density at radius 2 is 1.33 bits per heavy atom. The van der Waals surface area contributed by atoms with Crippen molar-refractivity contribution < 1.29 is 38.5 Å². The molecule has 4 amide bonds. The minimum absolute atomic E-state index is 0.0706. The summed E-state index contributed by atoms with van der Waals surface area (Å²) in [5, 5.41) is 15.1. The summed E-state index contributed by atoms with van der Waals surface area (Å²) in [5.41, 5.74) is 5.33. The lowest BCUT2D eigenvalue weighted by atomic mass is 9.89. The van der Waals surface area contributed by atoms with Gasteiger partial charge in [0.05, 0.1) is 30.6 Å². The number of imidazole rings is 2. The van der Waals surface area contributed by atoms with Gasteiger partial charge in [0.1, 0.15) is 23.7 Å². The largest absolute Gasteiger partial charge is 0.465 e. The third-order valence-electron chi connectivity index (χ3n) is 14.3. The average Bonchev–Trinajstić information content (AvgIpc) is 4.17. The lowest BCUT2D eigenvalue weighted by Gasteiger charge is -2.37. The van der Waals surface area contributed by atoms with Crippen LogP contribution in [-0.2, 0) is 23.8 Å². The number of halogens is 1. The predicted octanol–water partition coefficient (Wildman–Crippen LogP) is 8.32. The first-order valence-electron chi connectivity index (χ1n) is 23.4. The van der Waals surface area contributed by atoms with Crippen LogP contribution in [0.3, 0.4) is 0 Å². The van der Waals surface area contributed by atoms with Gasteiger partial charge >= 0.3 is 12.2 Å². The number of aromatic amines is 2. The molecular formula is C50H59ClN8O8. The van der Waals surface area contributed by atoms with Crippen molar-refractivity contribution >= 4 is 46.4 Å². The second kappa shape index (κ2) is 19.7. The molecule has 5 aromatic rings. The van der Waals surface area contributed by atoms with Crippen molar-refractivity contribution in [3.05, 3.63) is 83.7 Å². The number of amides is 4. The van der Waals surface area contributed by atoms with Gasteiger partial charge in [-0.3, -0.25) is 14.5 Å². The van der Waals surface area contributed by atoms with Crippen LogP contribution in [0.25, 0.3) is 44.4 Å². The summed E-state index contributed by atoms with van der Waals surface area (Å²) in [4.78, 5) is 74.3. The maximum Gasteiger partial charge on any atom is 0.407 e. The Labute approximate surface area is 394 Å². The number of fused-ring (bicyclic) bond motifs is 1. The molecular weight excluding hydrogens is 876 g/mol. The molecule has 0 bridgehead atoms. The van der Waals surface area contributed by atoms with Crippen molar-refractivity contribution in [1.29, 1.82) is 0 Å². The summed E-state index contributed by atoms with van der Waals surface area (Å²) in [5.74, 6) is 1.22. The minimum Gasteiger partial charge on any atom is -0.465 e. The molecule has 17 heteroatoms. The maximum absolute atomic E-state index is 14.2. The molecule has 4 N–H and O–H groups in total. The van der Waals surface area contributed by atoms with E-state index in [2.05, 4.69) is 71.6 Å². The Balaban J connectivity index is 0.892. The van der Waals surface area contributed by atoms with E-state index >= 15 is 0 Å². The molecule has 6 heterocycles. The van der Waals surface area contributed by atoms with Crippen LogP contribution < -0.4 is 5.32 Å². The Bertz CT molecular complexity index is 2610. The first-order chi connectivity index (χ1) is 32.4. The van der Waals surface area contributed by atoms with Crippen LogP contribution in [0.1, 0.15) is 76.1 Å². The fourth-order valence-corrected chi connectivity index (χ4v) is 10.9. The smallest absolute Gasteiger partial charge is 0.407 e. The van der Waals surface area contributed by atoms with Crippen molar-refractivity contribution in [3.63, 3.8) is 0 Å². The molecule has 0 aliphatic carbocycles. The molecule has 4 aliphatic rings. The zero-order chi connectivity index (χ0) is 46.9. The van der Waals surface area contributed by atoms with Gasteiger partial charge in [0, 0.05) is 63.9 Å². The van der Waals surface area contributed by atoms with E-state index in [1.807, 2.05) is 34.2 Å². The molecule has 0 unspecified atom stereocenters. The molecule has 4 aliphatic heterocycles. The number of carbonyl (C=O) groups excluding carboxylic acids is 3. The number of carbonyl (C=O) groups is 4. The number of nitrogens with zero attached hydrogens (tertiary/aromatic N) is 5. The molecule has 16 nitrogen and oxygen atoms in total. The van der Waals surface area contributed by atoms with E-state index in [-0.39, 0.29) is 47.6 Å². The predicted molar refractivity (Wildman–Crippen MR) is 252 cm³/mol. The van der Waals surface area contributed by atoms with E-state index in [0.29, 0.717) is 94.1 Å². The molecule has 0 saturated carbocycles. The molecule has 67 heavy (non-hydrogen) atoms. The number of rotatable bonds is 11. The third-order valence-corrected chi connectivity index (χ3v) is 14.6. The number of likely N-dealkylation sites (N-methyl/N-ethyl adjacent to an activating group) is 1. The van der Waals surface area contributed by atoms with Crippen LogP contribution in [0.2, 0.25) is 5.15 Å². The molecule has 6 atom stereocenters. The lowest BCUT2D eigenvalue weighted by Crippen LogP contribution is -2.53. The highest BCUT2D eigenvalue weighted by molar-refractivity contribution is 6.32. The number of H-pyrrole nitrogens is 2. The third kappa shape index (κ3) is 9.61. The molecule has 3 aromatic carbocycles. The van der Waals surface area contributed by atoms with Gasteiger partial charge in [-0.25, -0.2) is 19.6 Å². The topological polar surface area (TPSA) is 195 Å². The number of aromatic nitrogens is 4. The van der Waals surface area contributed by atoms with Gasteiger partial charge in [0.25, 0.3) is 0 Å². The van der Waals surface area contributed by atoms with Gasteiger partial charge in [0.2, 0.25) is 11.8 Å². The Hall–Kier alpha value is -5.97. The van der Waals surface area contributed by atoms with Crippen molar-refractivity contribution in [2.75, 3.05) is 53.7 Å². The number of hydrogen-bond acceptors (Lipinski definition) is 9. The van der Waals surface area contributed by atoms with E-state index in [4.69, 9.17) is 35.8 Å². The second-order valence-corrected chi connectivity index (χ2v) is 19.2. The highest BCUT2D eigenvalue weighted by atomic mass is 35.5. The zero-order valence-corrected chi connectivity index (χ0v) is 39.1. The monoisotopic (exact) mass is 934 g/mol. The van der Waals surface area contributed by atoms with Crippen LogP contribution in [0.15, 0.2) is 66.9 Å². The van der Waals surface area contributed by atoms with Crippen LogP contribution in [0.5, 0.6) is 0 Å². The van der Waals surface area contributed by atoms with E-state index in [1.54, 1.807) is 0 Å². The highest BCUT2D eigenvalue weighted by Gasteiger charge is 2.45. The summed E-state index contributed by atoms with van der Waals surface area (Å²) < 4.78 is 16.0. The molecule has 9 rings (SSSR count).